The van der Waals surface area contributed by atoms with E-state index in [2.05, 4.69) is 31.2 Å². The third kappa shape index (κ3) is 2.20. The predicted octanol–water partition coefficient (Wildman–Crippen LogP) is 2.72. The summed E-state index contributed by atoms with van der Waals surface area (Å²) in [6.45, 7) is 0. The number of hydrogen-bond donors (Lipinski definition) is 2. The van der Waals surface area contributed by atoms with E-state index < -0.39 is 0 Å². The number of hydrogen-bond acceptors (Lipinski definition) is 4. The first-order valence-electron chi connectivity index (χ1n) is 6.09. The van der Waals surface area contributed by atoms with Crippen LogP contribution in [0.4, 0.5) is 5.69 Å². The predicted molar refractivity (Wildman–Crippen MR) is 74.5 cm³/mol. The fourth-order valence-corrected chi connectivity index (χ4v) is 2.75. The largest absolute Gasteiger partial charge is 0.391 e. The normalized spacial score (nSPS) is 23.4. The summed E-state index contributed by atoms with van der Waals surface area (Å²) >= 11 is 3.39. The van der Waals surface area contributed by atoms with Gasteiger partial charge in [0.15, 0.2) is 0 Å². The van der Waals surface area contributed by atoms with Crippen molar-refractivity contribution in [3.05, 3.63) is 29.0 Å². The van der Waals surface area contributed by atoms with Crippen molar-refractivity contribution in [3.8, 4) is 0 Å². The van der Waals surface area contributed by atoms with Gasteiger partial charge in [-0.2, -0.15) is 0 Å². The monoisotopic (exact) mass is 307 g/mol. The van der Waals surface area contributed by atoms with Crippen LogP contribution >= 0.6 is 15.9 Å². The first-order valence-corrected chi connectivity index (χ1v) is 6.88. The van der Waals surface area contributed by atoms with Gasteiger partial charge in [-0.25, -0.2) is 0 Å². The summed E-state index contributed by atoms with van der Waals surface area (Å²) in [6, 6.07) is 3.98. The highest BCUT2D eigenvalue weighted by molar-refractivity contribution is 9.10. The van der Waals surface area contributed by atoms with E-state index in [0.29, 0.717) is 0 Å². The van der Waals surface area contributed by atoms with Crippen molar-refractivity contribution in [2.45, 2.75) is 31.4 Å². The highest BCUT2D eigenvalue weighted by atomic mass is 79.9. The molecule has 1 aliphatic carbocycles. The Morgan fingerprint density at radius 3 is 3.00 bits per heavy atom. The van der Waals surface area contributed by atoms with Gasteiger partial charge in [0.2, 0.25) is 0 Å². The fourth-order valence-electron chi connectivity index (χ4n) is 2.43. The average Bonchev–Trinajstić information content (AvgIpc) is 2.75. The molecule has 0 aliphatic heterocycles. The summed E-state index contributed by atoms with van der Waals surface area (Å²) in [5.41, 5.74) is 2.64. The van der Waals surface area contributed by atoms with Gasteiger partial charge in [0.05, 0.1) is 23.3 Å². The molecule has 1 fully saturated rings. The van der Waals surface area contributed by atoms with Crippen molar-refractivity contribution in [2.24, 2.45) is 0 Å². The Hall–Kier alpha value is -1.20. The van der Waals surface area contributed by atoms with Gasteiger partial charge in [-0.05, 0) is 47.3 Å². The Bertz CT molecular complexity index is 575. The van der Waals surface area contributed by atoms with E-state index in [1.54, 1.807) is 12.4 Å². The quantitative estimate of drug-likeness (QED) is 0.895. The molecule has 0 amide bonds. The molecule has 94 valence electrons. The minimum atomic E-state index is -0.260. The van der Waals surface area contributed by atoms with Crippen LogP contribution in [0.5, 0.6) is 0 Å². The van der Waals surface area contributed by atoms with Crippen molar-refractivity contribution < 1.29 is 5.11 Å². The zero-order valence-electron chi connectivity index (χ0n) is 9.81. The Kier molecular flexibility index (Phi) is 3.18. The highest BCUT2D eigenvalue weighted by Crippen LogP contribution is 2.27. The molecular formula is C13H14BrN3O. The molecule has 2 aromatic heterocycles. The number of aliphatic hydroxyl groups is 1. The van der Waals surface area contributed by atoms with E-state index in [4.69, 9.17) is 0 Å². The number of nitrogens with one attached hydrogen (secondary N) is 1. The van der Waals surface area contributed by atoms with Crippen molar-refractivity contribution in [1.82, 2.24) is 9.97 Å². The van der Waals surface area contributed by atoms with Crippen LogP contribution < -0.4 is 5.32 Å². The summed E-state index contributed by atoms with van der Waals surface area (Å²) in [6.07, 6.45) is 6.21. The second-order valence-electron chi connectivity index (χ2n) is 4.63. The number of anilines is 1. The van der Waals surface area contributed by atoms with Crippen molar-refractivity contribution in [1.29, 1.82) is 0 Å². The van der Waals surface area contributed by atoms with E-state index in [9.17, 15) is 5.11 Å². The number of rotatable bonds is 2. The molecule has 2 N–H and O–H groups in total. The molecule has 0 saturated heterocycles. The van der Waals surface area contributed by atoms with Gasteiger partial charge in [-0.3, -0.25) is 9.97 Å². The first-order chi connectivity index (χ1) is 8.74. The highest BCUT2D eigenvalue weighted by Gasteiger charge is 2.25. The zero-order valence-corrected chi connectivity index (χ0v) is 11.4. The van der Waals surface area contributed by atoms with E-state index in [-0.39, 0.29) is 12.1 Å². The minimum absolute atomic E-state index is 0.126. The van der Waals surface area contributed by atoms with Crippen molar-refractivity contribution in [3.63, 3.8) is 0 Å². The van der Waals surface area contributed by atoms with Gasteiger partial charge >= 0.3 is 0 Å². The summed E-state index contributed by atoms with van der Waals surface area (Å²) in [5, 5.41) is 13.2. The molecule has 0 radical (unpaired) electrons. The lowest BCUT2D eigenvalue weighted by Gasteiger charge is -2.18. The lowest BCUT2D eigenvalue weighted by Crippen LogP contribution is -2.28. The second-order valence-corrected chi connectivity index (χ2v) is 5.54. The lowest BCUT2D eigenvalue weighted by molar-refractivity contribution is 0.172. The van der Waals surface area contributed by atoms with Gasteiger partial charge < -0.3 is 10.4 Å². The Morgan fingerprint density at radius 2 is 2.22 bits per heavy atom. The standard InChI is InChI=1S/C13H14BrN3O/c14-8-6-11-13(16-7-8)10(4-5-15-11)17-9-2-1-3-12(9)18/h4-7,9,12,18H,1-3H2,(H,15,17)/t9-,12+/m0/s1. The number of nitrogens with zero attached hydrogens (tertiary/aromatic N) is 2. The van der Waals surface area contributed by atoms with Crippen LogP contribution in [0.3, 0.4) is 0 Å². The first kappa shape index (κ1) is 11.9. The molecule has 5 heteroatoms. The summed E-state index contributed by atoms with van der Waals surface area (Å²) < 4.78 is 0.917. The molecular weight excluding hydrogens is 294 g/mol. The van der Waals surface area contributed by atoms with Gasteiger partial charge in [-0.1, -0.05) is 0 Å². The van der Waals surface area contributed by atoms with Gasteiger partial charge in [0.1, 0.15) is 5.52 Å². The maximum absolute atomic E-state index is 9.86. The Balaban J connectivity index is 1.96. The van der Waals surface area contributed by atoms with E-state index in [1.165, 1.54) is 0 Å². The number of aromatic nitrogens is 2. The molecule has 3 rings (SSSR count). The van der Waals surface area contributed by atoms with Crippen LogP contribution in [0, 0.1) is 0 Å². The molecule has 18 heavy (non-hydrogen) atoms. The van der Waals surface area contributed by atoms with Crippen LogP contribution in [0.2, 0.25) is 0 Å². The molecule has 1 saturated carbocycles. The summed E-state index contributed by atoms with van der Waals surface area (Å²) in [7, 11) is 0. The van der Waals surface area contributed by atoms with E-state index >= 15 is 0 Å². The molecule has 0 bridgehead atoms. The third-order valence-electron chi connectivity index (χ3n) is 3.36. The van der Waals surface area contributed by atoms with Crippen LogP contribution in [0.15, 0.2) is 29.0 Å². The van der Waals surface area contributed by atoms with Crippen molar-refractivity contribution in [2.75, 3.05) is 5.32 Å². The molecule has 0 spiro atoms. The molecule has 2 heterocycles. The second kappa shape index (κ2) is 4.82. The van der Waals surface area contributed by atoms with Gasteiger partial charge in [-0.15, -0.1) is 0 Å². The molecule has 4 nitrogen and oxygen atoms in total. The summed E-state index contributed by atoms with van der Waals surface area (Å²) in [5.74, 6) is 0. The van der Waals surface area contributed by atoms with E-state index in [0.717, 1.165) is 40.5 Å². The van der Waals surface area contributed by atoms with Crippen LogP contribution in [0.25, 0.3) is 11.0 Å². The molecule has 2 atom stereocenters. The van der Waals surface area contributed by atoms with Gasteiger partial charge in [0, 0.05) is 16.9 Å². The molecule has 0 unspecified atom stereocenters. The van der Waals surface area contributed by atoms with Gasteiger partial charge in [0.25, 0.3) is 0 Å². The third-order valence-corrected chi connectivity index (χ3v) is 3.80. The zero-order chi connectivity index (χ0) is 12.5. The van der Waals surface area contributed by atoms with E-state index in [1.807, 2.05) is 12.1 Å². The van der Waals surface area contributed by atoms with Crippen LogP contribution in [0.1, 0.15) is 19.3 Å². The topological polar surface area (TPSA) is 58.0 Å². The fraction of sp³-hybridized carbons (Fsp3) is 0.385. The SMILES string of the molecule is O[C@@H]1CCC[C@@H]1Nc1ccnc2cc(Br)cnc12. The maximum atomic E-state index is 9.86. The van der Waals surface area contributed by atoms with Crippen LogP contribution in [-0.2, 0) is 0 Å². The lowest BCUT2D eigenvalue weighted by atomic mass is 10.2. The smallest absolute Gasteiger partial charge is 0.112 e. The number of halogens is 1. The van der Waals surface area contributed by atoms with Crippen LogP contribution in [-0.4, -0.2) is 27.2 Å². The molecule has 0 aromatic carbocycles. The minimum Gasteiger partial charge on any atom is -0.391 e. The number of aliphatic hydroxyl groups excluding tert-OH is 1. The maximum Gasteiger partial charge on any atom is 0.112 e. The Labute approximate surface area is 114 Å². The number of pyridine rings is 2. The number of fused-ring (bicyclic) bond motifs is 1. The average molecular weight is 308 g/mol. The molecule has 1 aliphatic rings. The van der Waals surface area contributed by atoms with Crippen molar-refractivity contribution >= 4 is 32.7 Å². The summed E-state index contributed by atoms with van der Waals surface area (Å²) in [4.78, 5) is 8.70. The Morgan fingerprint density at radius 1 is 1.33 bits per heavy atom. The molecule has 2 aromatic rings.